The zero-order chi connectivity index (χ0) is 23.5. The normalized spacial score (nSPS) is 13.0. The van der Waals surface area contributed by atoms with Gasteiger partial charge in [0.05, 0.1) is 6.61 Å². The molecule has 0 aliphatic heterocycles. The predicted molar refractivity (Wildman–Crippen MR) is 123 cm³/mol. The molecule has 1 N–H and O–H groups in total. The zero-order valence-electron chi connectivity index (χ0n) is 18.5. The first-order valence-corrected chi connectivity index (χ1v) is 10.7. The topological polar surface area (TPSA) is 64.5 Å². The number of aryl methyl sites for hydroxylation is 1. The van der Waals surface area contributed by atoms with Gasteiger partial charge in [-0.15, -0.1) is 0 Å². The lowest BCUT2D eigenvalue weighted by Crippen LogP contribution is -2.35. The number of hydrogen-bond acceptors (Lipinski definition) is 5. The van der Waals surface area contributed by atoms with Crippen molar-refractivity contribution in [2.45, 2.75) is 39.5 Å². The maximum atomic E-state index is 13.3. The molecule has 2 aromatic carbocycles. The van der Waals surface area contributed by atoms with Crippen LogP contribution in [0, 0.1) is 12.3 Å². The van der Waals surface area contributed by atoms with Crippen molar-refractivity contribution < 1.29 is 23.4 Å². The molecule has 170 valence electrons. The maximum absolute atomic E-state index is 13.3. The Morgan fingerprint density at radius 2 is 1.56 bits per heavy atom. The van der Waals surface area contributed by atoms with Gasteiger partial charge in [-0.1, -0.05) is 23.1 Å². The van der Waals surface area contributed by atoms with Gasteiger partial charge in [-0.05, 0) is 62.4 Å². The third-order valence-electron chi connectivity index (χ3n) is 5.22. The van der Waals surface area contributed by atoms with Crippen LogP contribution in [0.2, 0.25) is 0 Å². The van der Waals surface area contributed by atoms with E-state index in [1.165, 1.54) is 33.5 Å². The van der Waals surface area contributed by atoms with Crippen LogP contribution in [0.1, 0.15) is 32.0 Å². The molecule has 5 nitrogen and oxygen atoms in total. The van der Waals surface area contributed by atoms with Crippen LogP contribution in [-0.4, -0.2) is 27.8 Å². The first-order valence-electron chi connectivity index (χ1n) is 10.2. The Morgan fingerprint density at radius 3 is 2.09 bits per heavy atom. The summed E-state index contributed by atoms with van der Waals surface area (Å²) < 4.78 is 38.3. The molecular formula is C24H27F2N2O3P. The molecule has 0 aliphatic carbocycles. The Balaban J connectivity index is 1.75. The van der Waals surface area contributed by atoms with E-state index in [1.807, 2.05) is 39.8 Å². The summed E-state index contributed by atoms with van der Waals surface area (Å²) in [4.78, 5) is 8.99. The number of nitrogens with zero attached hydrogens (tertiary/aromatic N) is 2. The van der Waals surface area contributed by atoms with Crippen LogP contribution in [0.3, 0.4) is 0 Å². The van der Waals surface area contributed by atoms with Gasteiger partial charge in [-0.2, -0.15) is 13.8 Å². The number of rotatable bonds is 8. The largest absolute Gasteiger partial charge is 0.474 e. The third kappa shape index (κ3) is 5.99. The second-order valence-corrected chi connectivity index (χ2v) is 9.08. The van der Waals surface area contributed by atoms with Gasteiger partial charge < -0.3 is 14.6 Å². The molecule has 3 rings (SSSR count). The molecular weight excluding hydrogens is 433 g/mol. The van der Waals surface area contributed by atoms with Gasteiger partial charge in [0.15, 0.2) is 5.82 Å². The Bertz CT molecular complexity index is 1050. The second kappa shape index (κ2) is 9.47. The Kier molecular flexibility index (Phi) is 7.11. The molecule has 3 aromatic rings. The van der Waals surface area contributed by atoms with E-state index in [4.69, 9.17) is 9.47 Å². The van der Waals surface area contributed by atoms with E-state index >= 15 is 0 Å². The number of alkyl halides is 2. The molecule has 1 heterocycles. The lowest BCUT2D eigenvalue weighted by atomic mass is 9.88. The van der Waals surface area contributed by atoms with Crippen molar-refractivity contribution in [3.63, 3.8) is 0 Å². The minimum atomic E-state index is -2.97. The molecule has 0 saturated heterocycles. The highest BCUT2D eigenvalue weighted by molar-refractivity contribution is 7.17. The summed E-state index contributed by atoms with van der Waals surface area (Å²) in [5.41, 5.74) is -1.95. The number of benzene rings is 2. The first-order chi connectivity index (χ1) is 15.0. The van der Waals surface area contributed by atoms with Crippen molar-refractivity contribution in [2.24, 2.45) is 5.41 Å². The fraction of sp³-hybridized carbons (Fsp3) is 0.333. The van der Waals surface area contributed by atoms with E-state index in [9.17, 15) is 13.9 Å². The molecule has 0 saturated carbocycles. The van der Waals surface area contributed by atoms with E-state index in [1.54, 1.807) is 18.2 Å². The molecule has 0 bridgehead atoms. The van der Waals surface area contributed by atoms with Gasteiger partial charge in [0, 0.05) is 28.3 Å². The molecule has 0 amide bonds. The van der Waals surface area contributed by atoms with Crippen LogP contribution >= 0.6 is 9.24 Å². The van der Waals surface area contributed by atoms with E-state index in [2.05, 4.69) is 9.97 Å². The predicted octanol–water partition coefficient (Wildman–Crippen LogP) is 5.95. The maximum Gasteiger partial charge on any atom is 0.283 e. The van der Waals surface area contributed by atoms with Crippen molar-refractivity contribution in [3.8, 4) is 28.8 Å². The van der Waals surface area contributed by atoms with Gasteiger partial charge in [-0.25, -0.2) is 4.98 Å². The van der Waals surface area contributed by atoms with Crippen LogP contribution in [0.5, 0.6) is 17.4 Å². The lowest BCUT2D eigenvalue weighted by Gasteiger charge is -2.29. The SMILES string of the molecule is Cc1cc(OC(C)C(C)(C)CO)nc(-c2ccc(Oc3ccc(C(F)(F)P)cc3)cc2)n1. The molecule has 0 aliphatic rings. The van der Waals surface area contributed by atoms with Crippen molar-refractivity contribution >= 4 is 9.24 Å². The van der Waals surface area contributed by atoms with Crippen LogP contribution in [0.4, 0.5) is 8.78 Å². The highest BCUT2D eigenvalue weighted by Gasteiger charge is 2.27. The summed E-state index contributed by atoms with van der Waals surface area (Å²) in [5, 5.41) is 9.55. The molecule has 0 radical (unpaired) electrons. The highest BCUT2D eigenvalue weighted by Crippen LogP contribution is 2.36. The van der Waals surface area contributed by atoms with Crippen molar-refractivity contribution in [1.29, 1.82) is 0 Å². The molecule has 2 atom stereocenters. The molecule has 32 heavy (non-hydrogen) atoms. The number of hydrogen-bond donors (Lipinski definition) is 1. The summed E-state index contributed by atoms with van der Waals surface area (Å²) in [6, 6.07) is 14.6. The number of ether oxygens (including phenoxy) is 2. The van der Waals surface area contributed by atoms with Gasteiger partial charge in [0.25, 0.3) is 5.66 Å². The lowest BCUT2D eigenvalue weighted by molar-refractivity contribution is 0.0338. The second-order valence-electron chi connectivity index (χ2n) is 8.35. The standard InChI is InChI=1S/C24H27F2N2O3P/c1-15-13-21(30-16(2)23(3,4)14-29)28-22(27-15)17-5-9-19(10-6-17)31-20-11-7-18(8-12-20)24(25,26)32/h5-13,16,29H,14,32H2,1-4H3. The van der Waals surface area contributed by atoms with Crippen LogP contribution in [0.15, 0.2) is 54.6 Å². The van der Waals surface area contributed by atoms with Crippen LogP contribution in [-0.2, 0) is 5.66 Å². The first kappa shape index (κ1) is 24.0. The molecule has 0 spiro atoms. The average Bonchev–Trinajstić information content (AvgIpc) is 2.73. The van der Waals surface area contributed by atoms with Gasteiger partial charge in [-0.3, -0.25) is 0 Å². The summed E-state index contributed by atoms with van der Waals surface area (Å²) in [6.07, 6.45) is -0.247. The zero-order valence-corrected chi connectivity index (χ0v) is 19.6. The van der Waals surface area contributed by atoms with Gasteiger partial charge >= 0.3 is 0 Å². The number of halogens is 2. The van der Waals surface area contributed by atoms with Gasteiger partial charge in [0.2, 0.25) is 5.88 Å². The van der Waals surface area contributed by atoms with Crippen LogP contribution < -0.4 is 9.47 Å². The Labute approximate surface area is 189 Å². The third-order valence-corrected chi connectivity index (χ3v) is 5.56. The van der Waals surface area contributed by atoms with E-state index in [0.717, 1.165) is 11.3 Å². The molecule has 1 aromatic heterocycles. The van der Waals surface area contributed by atoms with E-state index in [-0.39, 0.29) is 18.3 Å². The quantitative estimate of drug-likeness (QED) is 0.421. The Hall–Kier alpha value is -2.63. The molecule has 0 fully saturated rings. The van der Waals surface area contributed by atoms with Gasteiger partial charge in [0.1, 0.15) is 17.6 Å². The number of aromatic nitrogens is 2. The van der Waals surface area contributed by atoms with E-state index < -0.39 is 11.1 Å². The summed E-state index contributed by atoms with van der Waals surface area (Å²) >= 11 is 0. The molecule has 8 heteroatoms. The minimum Gasteiger partial charge on any atom is -0.474 e. The number of aliphatic hydroxyl groups excluding tert-OH is 1. The smallest absolute Gasteiger partial charge is 0.283 e. The fourth-order valence-electron chi connectivity index (χ4n) is 2.75. The van der Waals surface area contributed by atoms with Crippen molar-refractivity contribution in [2.75, 3.05) is 6.61 Å². The molecule has 2 unspecified atom stereocenters. The highest BCUT2D eigenvalue weighted by atomic mass is 31.0. The van der Waals surface area contributed by atoms with Crippen molar-refractivity contribution in [3.05, 3.63) is 65.9 Å². The fourth-order valence-corrected chi connectivity index (χ4v) is 2.94. The van der Waals surface area contributed by atoms with Crippen molar-refractivity contribution in [1.82, 2.24) is 9.97 Å². The Morgan fingerprint density at radius 1 is 1.00 bits per heavy atom. The van der Waals surface area contributed by atoms with Crippen LogP contribution in [0.25, 0.3) is 11.4 Å². The average molecular weight is 460 g/mol. The summed E-state index contributed by atoms with van der Waals surface area (Å²) in [5.74, 6) is 1.96. The summed E-state index contributed by atoms with van der Waals surface area (Å²) in [7, 11) is 1.52. The monoisotopic (exact) mass is 460 g/mol. The number of aliphatic hydroxyl groups is 1. The van der Waals surface area contributed by atoms with E-state index in [0.29, 0.717) is 23.2 Å². The summed E-state index contributed by atoms with van der Waals surface area (Å²) in [6.45, 7) is 7.60. The minimum absolute atomic E-state index is 0.00485.